The van der Waals surface area contributed by atoms with Gasteiger partial charge in [-0.2, -0.15) is 5.26 Å². The third-order valence-corrected chi connectivity index (χ3v) is 3.58. The monoisotopic (exact) mass is 241 g/mol. The lowest BCUT2D eigenvalue weighted by molar-refractivity contribution is 0.396. The Balaban J connectivity index is 2.15. The molecule has 92 valence electrons. The molecule has 0 saturated carbocycles. The summed E-state index contributed by atoms with van der Waals surface area (Å²) < 4.78 is 2.07. The molecule has 1 unspecified atom stereocenters. The van der Waals surface area contributed by atoms with Gasteiger partial charge in [0.2, 0.25) is 5.95 Å². The van der Waals surface area contributed by atoms with Crippen molar-refractivity contribution >= 4 is 17.0 Å². The third-order valence-electron chi connectivity index (χ3n) is 3.58. The zero-order valence-electron chi connectivity index (χ0n) is 10.3. The van der Waals surface area contributed by atoms with Gasteiger partial charge in [-0.1, -0.05) is 0 Å². The summed E-state index contributed by atoms with van der Waals surface area (Å²) in [5.41, 5.74) is 8.50. The number of nitrogens with two attached hydrogens (primary N) is 1. The van der Waals surface area contributed by atoms with Crippen LogP contribution in [0.3, 0.4) is 0 Å². The van der Waals surface area contributed by atoms with Crippen molar-refractivity contribution in [1.82, 2.24) is 14.5 Å². The van der Waals surface area contributed by atoms with Gasteiger partial charge in [0, 0.05) is 6.54 Å². The number of likely N-dealkylation sites (tertiary alicyclic amines) is 1. The number of anilines is 1. The first-order valence-electron chi connectivity index (χ1n) is 6.05. The van der Waals surface area contributed by atoms with E-state index in [1.807, 2.05) is 12.1 Å². The van der Waals surface area contributed by atoms with Gasteiger partial charge < -0.3 is 15.2 Å². The summed E-state index contributed by atoms with van der Waals surface area (Å²) in [6, 6.07) is 8.03. The van der Waals surface area contributed by atoms with Gasteiger partial charge in [0.25, 0.3) is 0 Å². The number of nitriles is 1. The second kappa shape index (κ2) is 4.00. The number of nitrogen functional groups attached to an aromatic ring is 1. The van der Waals surface area contributed by atoms with Crippen LogP contribution in [0.25, 0.3) is 11.0 Å². The number of aromatic nitrogens is 2. The smallest absolute Gasteiger partial charge is 0.201 e. The van der Waals surface area contributed by atoms with Crippen molar-refractivity contribution < 1.29 is 0 Å². The topological polar surface area (TPSA) is 70.9 Å². The van der Waals surface area contributed by atoms with E-state index in [0.29, 0.717) is 17.6 Å². The Morgan fingerprint density at radius 2 is 2.33 bits per heavy atom. The molecule has 0 radical (unpaired) electrons. The Hall–Kier alpha value is -2.06. The summed E-state index contributed by atoms with van der Waals surface area (Å²) in [6.07, 6.45) is 1.07. The molecule has 1 aromatic heterocycles. The van der Waals surface area contributed by atoms with Gasteiger partial charge in [0.15, 0.2) is 0 Å². The Kier molecular flexibility index (Phi) is 2.46. The van der Waals surface area contributed by atoms with Crippen molar-refractivity contribution in [2.24, 2.45) is 0 Å². The van der Waals surface area contributed by atoms with Crippen molar-refractivity contribution in [3.8, 4) is 6.07 Å². The minimum Gasteiger partial charge on any atom is -0.369 e. The molecule has 5 nitrogen and oxygen atoms in total. The minimum atomic E-state index is 0.356. The molecule has 1 saturated heterocycles. The summed E-state index contributed by atoms with van der Waals surface area (Å²) in [5.74, 6) is 0.542. The molecular weight excluding hydrogens is 226 g/mol. The molecule has 3 rings (SSSR count). The predicted molar refractivity (Wildman–Crippen MR) is 70.0 cm³/mol. The quantitative estimate of drug-likeness (QED) is 0.818. The van der Waals surface area contributed by atoms with Crippen LogP contribution in [-0.4, -0.2) is 34.6 Å². The molecule has 0 bridgehead atoms. The SMILES string of the molecule is CN1CCC(n2c(N)nc3ccc(C#N)cc32)C1. The second-order valence-corrected chi connectivity index (χ2v) is 4.86. The Morgan fingerprint density at radius 3 is 3.00 bits per heavy atom. The average Bonchev–Trinajstić information content (AvgIpc) is 2.90. The number of benzene rings is 1. The van der Waals surface area contributed by atoms with Crippen molar-refractivity contribution in [3.63, 3.8) is 0 Å². The Bertz CT molecular complexity index is 637. The molecule has 0 spiro atoms. The molecule has 5 heteroatoms. The molecule has 0 amide bonds. The van der Waals surface area contributed by atoms with Crippen LogP contribution < -0.4 is 5.73 Å². The van der Waals surface area contributed by atoms with E-state index in [1.165, 1.54) is 0 Å². The van der Waals surface area contributed by atoms with Crippen molar-refractivity contribution in [2.45, 2.75) is 12.5 Å². The van der Waals surface area contributed by atoms with E-state index in [2.05, 4.69) is 27.6 Å². The van der Waals surface area contributed by atoms with Crippen LogP contribution in [-0.2, 0) is 0 Å². The molecular formula is C13H15N5. The van der Waals surface area contributed by atoms with Crippen molar-refractivity contribution in [3.05, 3.63) is 23.8 Å². The van der Waals surface area contributed by atoms with E-state index >= 15 is 0 Å². The lowest BCUT2D eigenvalue weighted by Crippen LogP contribution is -2.17. The van der Waals surface area contributed by atoms with E-state index in [1.54, 1.807) is 6.07 Å². The predicted octanol–water partition coefficient (Wildman–Crippen LogP) is 1.37. The molecule has 18 heavy (non-hydrogen) atoms. The van der Waals surface area contributed by atoms with Crippen molar-refractivity contribution in [1.29, 1.82) is 5.26 Å². The molecule has 1 atom stereocenters. The average molecular weight is 241 g/mol. The number of rotatable bonds is 1. The van der Waals surface area contributed by atoms with Gasteiger partial charge in [-0.3, -0.25) is 0 Å². The molecule has 1 fully saturated rings. The lowest BCUT2D eigenvalue weighted by atomic mass is 10.2. The minimum absolute atomic E-state index is 0.356. The highest BCUT2D eigenvalue weighted by atomic mass is 15.2. The number of likely N-dealkylation sites (N-methyl/N-ethyl adjacent to an activating group) is 1. The van der Waals surface area contributed by atoms with Crippen molar-refractivity contribution in [2.75, 3.05) is 25.9 Å². The van der Waals surface area contributed by atoms with Gasteiger partial charge in [0.1, 0.15) is 0 Å². The summed E-state index contributed by atoms with van der Waals surface area (Å²) in [6.45, 7) is 2.05. The van der Waals surface area contributed by atoms with E-state index in [-0.39, 0.29) is 0 Å². The summed E-state index contributed by atoms with van der Waals surface area (Å²) in [4.78, 5) is 6.65. The van der Waals surface area contributed by atoms with Crippen LogP contribution in [0.1, 0.15) is 18.0 Å². The fourth-order valence-corrected chi connectivity index (χ4v) is 2.69. The third kappa shape index (κ3) is 1.62. The largest absolute Gasteiger partial charge is 0.369 e. The summed E-state index contributed by atoms with van der Waals surface area (Å²) >= 11 is 0. The second-order valence-electron chi connectivity index (χ2n) is 4.86. The fraction of sp³-hybridized carbons (Fsp3) is 0.385. The molecule has 1 aliphatic rings. The van der Waals surface area contributed by atoms with E-state index in [4.69, 9.17) is 11.0 Å². The Morgan fingerprint density at radius 1 is 1.50 bits per heavy atom. The van der Waals surface area contributed by atoms with Crippen LogP contribution in [0.2, 0.25) is 0 Å². The lowest BCUT2D eigenvalue weighted by Gasteiger charge is -2.14. The normalized spacial score (nSPS) is 20.3. The van der Waals surface area contributed by atoms with E-state index in [0.717, 1.165) is 30.5 Å². The number of hydrogen-bond donors (Lipinski definition) is 1. The zero-order valence-corrected chi connectivity index (χ0v) is 10.3. The first-order valence-corrected chi connectivity index (χ1v) is 6.05. The van der Waals surface area contributed by atoms with Crippen LogP contribution >= 0.6 is 0 Å². The van der Waals surface area contributed by atoms with Gasteiger partial charge in [-0.05, 0) is 38.2 Å². The molecule has 2 N–H and O–H groups in total. The maximum atomic E-state index is 8.98. The van der Waals surface area contributed by atoms with Crippen LogP contribution in [0, 0.1) is 11.3 Å². The molecule has 1 aromatic carbocycles. The maximum absolute atomic E-state index is 8.98. The summed E-state index contributed by atoms with van der Waals surface area (Å²) in [5, 5.41) is 8.98. The number of fused-ring (bicyclic) bond motifs is 1. The molecule has 0 aliphatic carbocycles. The highest BCUT2D eigenvalue weighted by molar-refractivity contribution is 5.80. The van der Waals surface area contributed by atoms with Crippen LogP contribution in [0.4, 0.5) is 5.95 Å². The molecule has 2 heterocycles. The highest BCUT2D eigenvalue weighted by Gasteiger charge is 2.24. The zero-order chi connectivity index (χ0) is 12.7. The van der Waals surface area contributed by atoms with Gasteiger partial charge in [-0.25, -0.2) is 4.98 Å². The number of imidazole rings is 1. The Labute approximate surface area is 105 Å². The van der Waals surface area contributed by atoms with Crippen LogP contribution in [0.15, 0.2) is 18.2 Å². The fourth-order valence-electron chi connectivity index (χ4n) is 2.69. The van der Waals surface area contributed by atoms with Gasteiger partial charge >= 0.3 is 0 Å². The van der Waals surface area contributed by atoms with Gasteiger partial charge in [-0.15, -0.1) is 0 Å². The van der Waals surface area contributed by atoms with E-state index in [9.17, 15) is 0 Å². The van der Waals surface area contributed by atoms with Gasteiger partial charge in [0.05, 0.1) is 28.7 Å². The maximum Gasteiger partial charge on any atom is 0.201 e. The van der Waals surface area contributed by atoms with Crippen LogP contribution in [0.5, 0.6) is 0 Å². The summed E-state index contributed by atoms with van der Waals surface area (Å²) in [7, 11) is 2.11. The molecule has 1 aliphatic heterocycles. The molecule has 2 aromatic rings. The first kappa shape index (κ1) is 11.1. The number of hydrogen-bond acceptors (Lipinski definition) is 4. The number of nitrogens with zero attached hydrogens (tertiary/aromatic N) is 4. The highest BCUT2D eigenvalue weighted by Crippen LogP contribution is 2.29. The standard InChI is InChI=1S/C13H15N5/c1-17-5-4-10(8-17)18-12-6-9(7-14)2-3-11(12)16-13(18)15/h2-3,6,10H,4-5,8H2,1H3,(H2,15,16). The van der Waals surface area contributed by atoms with E-state index < -0.39 is 0 Å². The first-order chi connectivity index (χ1) is 8.69.